The molecule has 0 bridgehead atoms. The highest BCUT2D eigenvalue weighted by molar-refractivity contribution is 5.76. The number of amides is 1. The van der Waals surface area contributed by atoms with E-state index < -0.39 is 49.5 Å². The number of hydrogen-bond donors (Lipinski definition) is 6. The van der Waals surface area contributed by atoms with Crippen LogP contribution < -0.4 is 5.32 Å². The summed E-state index contributed by atoms with van der Waals surface area (Å²) in [4.78, 5) is 13.1. The molecule has 7 unspecified atom stereocenters. The quantitative estimate of drug-likeness (QED) is 0.0261. The lowest BCUT2D eigenvalue weighted by Crippen LogP contribution is -2.60. The van der Waals surface area contributed by atoms with Crippen molar-refractivity contribution in [3.8, 4) is 0 Å². The summed E-state index contributed by atoms with van der Waals surface area (Å²) in [5, 5.41) is 54.9. The third-order valence-corrected chi connectivity index (χ3v) is 16.9. The second-order valence-corrected chi connectivity index (χ2v) is 24.7. The Labute approximate surface area is 501 Å². The monoisotopic (exact) mass is 1140 g/mol. The first-order valence-electron chi connectivity index (χ1n) is 35.3. The van der Waals surface area contributed by atoms with E-state index in [9.17, 15) is 30.3 Å². The molecule has 1 fully saturated rings. The van der Waals surface area contributed by atoms with Crippen molar-refractivity contribution in [1.82, 2.24) is 5.32 Å². The fourth-order valence-electron chi connectivity index (χ4n) is 11.5. The molecule has 1 aliphatic heterocycles. The Kier molecular flexibility index (Phi) is 58.3. The van der Waals surface area contributed by atoms with Crippen LogP contribution in [-0.4, -0.2) is 87.5 Å². The second-order valence-electron chi connectivity index (χ2n) is 24.7. The van der Waals surface area contributed by atoms with Crippen LogP contribution in [-0.2, 0) is 14.3 Å². The van der Waals surface area contributed by atoms with E-state index in [1.54, 1.807) is 0 Å². The summed E-state index contributed by atoms with van der Waals surface area (Å²) in [6, 6.07) is -0.718. The SMILES string of the molecule is CC/C=C\C/C=C\C/C=C\C/C=C\CCCCCCCCCCCCCCCCCCCCCCCCCCCCC(=O)NC(COC1OC(CO)C(O)C(O)C1O)C(O)CCCCCCCCCCCCCCCCCCCCC. The summed E-state index contributed by atoms with van der Waals surface area (Å²) in [6.45, 7) is 3.77. The zero-order chi connectivity index (χ0) is 58.6. The Bertz CT molecular complexity index is 1420. The molecule has 7 atom stereocenters. The molecule has 0 saturated carbocycles. The lowest BCUT2D eigenvalue weighted by Gasteiger charge is -2.40. The maximum absolute atomic E-state index is 13.1. The number of unbranched alkanes of at least 4 members (excludes halogenated alkanes) is 44. The normalized spacial score (nSPS) is 18.6. The average Bonchev–Trinajstić information content (AvgIpc) is 3.48. The molecule has 476 valence electrons. The Morgan fingerprint density at radius 2 is 0.765 bits per heavy atom. The van der Waals surface area contributed by atoms with Crippen molar-refractivity contribution < 1.29 is 39.8 Å². The van der Waals surface area contributed by atoms with Gasteiger partial charge in [0.05, 0.1) is 25.4 Å². The van der Waals surface area contributed by atoms with E-state index in [-0.39, 0.29) is 12.5 Å². The highest BCUT2D eigenvalue weighted by Crippen LogP contribution is 2.24. The van der Waals surface area contributed by atoms with Crippen LogP contribution in [0.25, 0.3) is 0 Å². The van der Waals surface area contributed by atoms with Gasteiger partial charge in [0, 0.05) is 6.42 Å². The maximum atomic E-state index is 13.1. The van der Waals surface area contributed by atoms with E-state index in [1.807, 2.05) is 0 Å². The van der Waals surface area contributed by atoms with Crippen molar-refractivity contribution in [2.24, 2.45) is 0 Å². The molecular formula is C72H135NO8. The summed E-state index contributed by atoms with van der Waals surface area (Å²) in [6.07, 6.45) is 76.2. The van der Waals surface area contributed by atoms with Crippen LogP contribution in [0.1, 0.15) is 348 Å². The van der Waals surface area contributed by atoms with Crippen LogP contribution >= 0.6 is 0 Å². The van der Waals surface area contributed by atoms with Crippen molar-refractivity contribution in [1.29, 1.82) is 0 Å². The molecule has 1 heterocycles. The molecule has 0 spiro atoms. The van der Waals surface area contributed by atoms with Crippen LogP contribution in [0.15, 0.2) is 48.6 Å². The highest BCUT2D eigenvalue weighted by atomic mass is 16.7. The van der Waals surface area contributed by atoms with E-state index in [1.165, 1.54) is 257 Å². The minimum atomic E-state index is -1.55. The van der Waals surface area contributed by atoms with Crippen LogP contribution in [0.2, 0.25) is 0 Å². The van der Waals surface area contributed by atoms with Gasteiger partial charge in [0.2, 0.25) is 5.91 Å². The van der Waals surface area contributed by atoms with E-state index in [4.69, 9.17) is 9.47 Å². The number of carbonyl (C=O) groups is 1. The summed E-state index contributed by atoms with van der Waals surface area (Å²) in [5.41, 5.74) is 0. The van der Waals surface area contributed by atoms with Gasteiger partial charge in [-0.2, -0.15) is 0 Å². The largest absolute Gasteiger partial charge is 0.394 e. The number of hydrogen-bond acceptors (Lipinski definition) is 8. The first kappa shape index (κ1) is 77.2. The average molecular weight is 1140 g/mol. The molecule has 0 aromatic rings. The Hall–Kier alpha value is -1.85. The van der Waals surface area contributed by atoms with Gasteiger partial charge in [-0.1, -0.05) is 339 Å². The summed E-state index contributed by atoms with van der Waals surface area (Å²) in [5.74, 6) is -0.137. The Balaban J connectivity index is 2.04. The smallest absolute Gasteiger partial charge is 0.220 e. The predicted molar refractivity (Wildman–Crippen MR) is 346 cm³/mol. The number of allylic oxidation sites excluding steroid dienone is 8. The van der Waals surface area contributed by atoms with Gasteiger partial charge in [-0.25, -0.2) is 0 Å². The number of aliphatic hydroxyl groups excluding tert-OH is 5. The Morgan fingerprint density at radius 1 is 0.432 bits per heavy atom. The molecule has 0 aromatic heterocycles. The zero-order valence-corrected chi connectivity index (χ0v) is 53.3. The van der Waals surface area contributed by atoms with E-state index in [0.717, 1.165) is 64.2 Å². The molecule has 1 aliphatic rings. The van der Waals surface area contributed by atoms with Crippen LogP contribution in [0, 0.1) is 0 Å². The van der Waals surface area contributed by atoms with Gasteiger partial charge < -0.3 is 40.3 Å². The van der Waals surface area contributed by atoms with Crippen molar-refractivity contribution in [2.75, 3.05) is 13.2 Å². The molecule has 1 rings (SSSR count). The molecule has 6 N–H and O–H groups in total. The second kappa shape index (κ2) is 61.2. The third kappa shape index (κ3) is 50.1. The molecule has 1 saturated heterocycles. The van der Waals surface area contributed by atoms with E-state index >= 15 is 0 Å². The maximum Gasteiger partial charge on any atom is 0.220 e. The van der Waals surface area contributed by atoms with Crippen LogP contribution in [0.3, 0.4) is 0 Å². The van der Waals surface area contributed by atoms with Crippen molar-refractivity contribution in [3.05, 3.63) is 48.6 Å². The topological polar surface area (TPSA) is 149 Å². The first-order chi connectivity index (χ1) is 39.8. The van der Waals surface area contributed by atoms with Crippen molar-refractivity contribution >= 4 is 5.91 Å². The lowest BCUT2D eigenvalue weighted by molar-refractivity contribution is -0.302. The van der Waals surface area contributed by atoms with Crippen molar-refractivity contribution in [3.63, 3.8) is 0 Å². The fraction of sp³-hybridized carbons (Fsp3) is 0.875. The standard InChI is InChI=1S/C72H135NO8/c1-3-5-7-9-11-13-15-17-19-21-23-24-25-26-27-28-29-30-31-32-33-34-35-36-37-38-39-40-41-42-44-46-48-50-52-54-56-58-60-62-68(76)73-65(64-80-72-71(79)70(78)69(77)67(63-74)81-72)66(75)61-59-57-55-53-51-49-47-45-43-22-20-18-16-14-12-10-8-6-4-2/h5,7,11,13,17,19,23-24,65-67,69-72,74-75,77-79H,3-4,6,8-10,12,14-16,18,20-22,25-64H2,1-2H3,(H,73,76)/b7-5-,13-11-,19-17-,24-23-. The molecule has 0 radical (unpaired) electrons. The lowest BCUT2D eigenvalue weighted by atomic mass is 9.99. The molecule has 9 nitrogen and oxygen atoms in total. The molecule has 0 aromatic carbocycles. The van der Waals surface area contributed by atoms with Crippen molar-refractivity contribution in [2.45, 2.75) is 391 Å². The number of aliphatic hydroxyl groups is 5. The predicted octanol–water partition coefficient (Wildman–Crippen LogP) is 19.2. The minimum Gasteiger partial charge on any atom is -0.394 e. The first-order valence-corrected chi connectivity index (χ1v) is 35.3. The van der Waals surface area contributed by atoms with Gasteiger partial charge in [0.15, 0.2) is 6.29 Å². The van der Waals surface area contributed by atoms with E-state index in [0.29, 0.717) is 12.8 Å². The molecule has 9 heteroatoms. The Morgan fingerprint density at radius 3 is 1.14 bits per heavy atom. The van der Waals surface area contributed by atoms with Gasteiger partial charge >= 0.3 is 0 Å². The van der Waals surface area contributed by atoms with Gasteiger partial charge in [0.25, 0.3) is 0 Å². The number of rotatable bonds is 62. The van der Waals surface area contributed by atoms with Gasteiger partial charge in [-0.15, -0.1) is 0 Å². The number of carbonyl (C=O) groups excluding carboxylic acids is 1. The third-order valence-electron chi connectivity index (χ3n) is 16.9. The van der Waals surface area contributed by atoms with Crippen LogP contribution in [0.4, 0.5) is 0 Å². The zero-order valence-electron chi connectivity index (χ0n) is 53.3. The summed E-state index contributed by atoms with van der Waals surface area (Å²) < 4.78 is 11.4. The highest BCUT2D eigenvalue weighted by Gasteiger charge is 2.44. The minimum absolute atomic E-state index is 0.133. The number of nitrogens with one attached hydrogen (secondary N) is 1. The van der Waals surface area contributed by atoms with Gasteiger partial charge in [-0.05, 0) is 51.4 Å². The number of ether oxygens (including phenoxy) is 2. The fourth-order valence-corrected chi connectivity index (χ4v) is 11.5. The molecule has 1 amide bonds. The molecule has 0 aliphatic carbocycles. The molecule has 81 heavy (non-hydrogen) atoms. The van der Waals surface area contributed by atoms with E-state index in [2.05, 4.69) is 67.8 Å². The summed E-state index contributed by atoms with van der Waals surface area (Å²) >= 11 is 0. The van der Waals surface area contributed by atoms with Crippen LogP contribution in [0.5, 0.6) is 0 Å². The summed E-state index contributed by atoms with van der Waals surface area (Å²) in [7, 11) is 0. The molecular weight excluding hydrogens is 1010 g/mol. The van der Waals surface area contributed by atoms with Gasteiger partial charge in [0.1, 0.15) is 24.4 Å². The van der Waals surface area contributed by atoms with Gasteiger partial charge in [-0.3, -0.25) is 4.79 Å².